The Morgan fingerprint density at radius 1 is 0.766 bits per heavy atom. The van der Waals surface area contributed by atoms with Crippen molar-refractivity contribution in [3.63, 3.8) is 0 Å². The highest BCUT2D eigenvalue weighted by Gasteiger charge is 2.23. The van der Waals surface area contributed by atoms with Gasteiger partial charge < -0.3 is 18.9 Å². The van der Waals surface area contributed by atoms with Gasteiger partial charge in [-0.25, -0.2) is 14.4 Å². The van der Waals surface area contributed by atoms with Crippen LogP contribution in [0.15, 0.2) is 79.4 Å². The minimum atomic E-state index is -0.608. The van der Waals surface area contributed by atoms with Crippen LogP contribution in [-0.4, -0.2) is 37.4 Å². The molecule has 0 unspecified atom stereocenters. The fourth-order valence-corrected chi connectivity index (χ4v) is 5.85. The average molecular weight is 641 g/mol. The topological polar surface area (TPSA) is 105 Å². The summed E-state index contributed by atoms with van der Waals surface area (Å²) in [6.45, 7) is 6.51. The lowest BCUT2D eigenvalue weighted by Crippen LogP contribution is -2.14. The largest absolute Gasteiger partial charge is 0.494 e. The third-order valence-electron chi connectivity index (χ3n) is 8.49. The van der Waals surface area contributed by atoms with Crippen molar-refractivity contribution in [2.45, 2.75) is 77.0 Å². The summed E-state index contributed by atoms with van der Waals surface area (Å²) in [5, 5.41) is 0. The lowest BCUT2D eigenvalue weighted by atomic mass is 9.77. The molecule has 1 fully saturated rings. The second kappa shape index (κ2) is 18.4. The van der Waals surface area contributed by atoms with Crippen LogP contribution in [0, 0.1) is 5.92 Å². The first kappa shape index (κ1) is 35.1. The van der Waals surface area contributed by atoms with Gasteiger partial charge in [-0.15, -0.1) is 0 Å². The van der Waals surface area contributed by atoms with Crippen LogP contribution in [0.1, 0.15) is 114 Å². The lowest BCUT2D eigenvalue weighted by Gasteiger charge is -2.28. The Kier molecular flexibility index (Phi) is 13.8. The Morgan fingerprint density at radius 2 is 1.38 bits per heavy atom. The summed E-state index contributed by atoms with van der Waals surface area (Å²) in [6, 6.07) is 18.3. The van der Waals surface area contributed by atoms with E-state index in [-0.39, 0.29) is 17.1 Å². The van der Waals surface area contributed by atoms with E-state index in [9.17, 15) is 19.2 Å². The molecule has 4 rings (SSSR count). The quantitative estimate of drug-likeness (QED) is 0.0475. The Morgan fingerprint density at radius 3 is 2.00 bits per heavy atom. The van der Waals surface area contributed by atoms with Crippen molar-refractivity contribution in [1.29, 1.82) is 0 Å². The highest BCUT2D eigenvalue weighted by Crippen LogP contribution is 2.38. The van der Waals surface area contributed by atoms with E-state index < -0.39 is 17.9 Å². The summed E-state index contributed by atoms with van der Waals surface area (Å²) in [5.41, 5.74) is 2.09. The fourth-order valence-electron chi connectivity index (χ4n) is 5.85. The zero-order valence-electron chi connectivity index (χ0n) is 27.1. The van der Waals surface area contributed by atoms with Crippen molar-refractivity contribution >= 4 is 24.2 Å². The van der Waals surface area contributed by atoms with E-state index in [1.54, 1.807) is 30.3 Å². The molecule has 3 aromatic carbocycles. The van der Waals surface area contributed by atoms with E-state index >= 15 is 0 Å². The molecule has 3 aromatic rings. The van der Waals surface area contributed by atoms with Crippen molar-refractivity contribution in [1.82, 2.24) is 0 Å². The molecule has 0 atom stereocenters. The number of rotatable bonds is 17. The van der Waals surface area contributed by atoms with Crippen LogP contribution in [-0.2, 0) is 9.53 Å². The van der Waals surface area contributed by atoms with Crippen molar-refractivity contribution in [3.8, 4) is 17.2 Å². The molecule has 1 aliphatic rings. The number of aldehydes is 1. The van der Waals surface area contributed by atoms with Gasteiger partial charge in [-0.1, -0.05) is 32.4 Å². The average Bonchev–Trinajstić information content (AvgIpc) is 3.10. The number of hydrogen-bond acceptors (Lipinski definition) is 8. The van der Waals surface area contributed by atoms with Gasteiger partial charge in [-0.05, 0) is 129 Å². The minimum Gasteiger partial charge on any atom is -0.494 e. The first-order valence-corrected chi connectivity index (χ1v) is 16.6. The predicted octanol–water partition coefficient (Wildman–Crippen LogP) is 8.68. The van der Waals surface area contributed by atoms with E-state index in [4.69, 9.17) is 18.9 Å². The molecule has 0 spiro atoms. The SMILES string of the molecule is C=CC(=O)OCCCCCCOc1ccc(C(=O)Oc2ccc(C(=O)Oc3ccc(C4CCC(CCC)CC4)cc3C=O)cc2)cc1. The molecule has 0 saturated heterocycles. The molecule has 0 heterocycles. The normalized spacial score (nSPS) is 15.7. The number of hydrogen-bond donors (Lipinski definition) is 0. The lowest BCUT2D eigenvalue weighted by molar-refractivity contribution is -0.137. The highest BCUT2D eigenvalue weighted by molar-refractivity contribution is 5.93. The number of unbranched alkanes of at least 4 members (excludes halogenated alkanes) is 3. The molecule has 0 amide bonds. The molecule has 248 valence electrons. The monoisotopic (exact) mass is 640 g/mol. The summed E-state index contributed by atoms with van der Waals surface area (Å²) in [4.78, 5) is 48.4. The predicted molar refractivity (Wildman–Crippen MR) is 179 cm³/mol. The van der Waals surface area contributed by atoms with E-state index in [0.29, 0.717) is 36.0 Å². The van der Waals surface area contributed by atoms with Gasteiger partial charge in [0.05, 0.1) is 29.9 Å². The number of benzene rings is 3. The second-order valence-corrected chi connectivity index (χ2v) is 11.9. The Hall–Kier alpha value is -4.72. The molecule has 0 N–H and O–H groups in total. The smallest absolute Gasteiger partial charge is 0.343 e. The van der Waals surface area contributed by atoms with Crippen LogP contribution in [0.4, 0.5) is 0 Å². The van der Waals surface area contributed by atoms with Crippen LogP contribution < -0.4 is 14.2 Å². The maximum absolute atomic E-state index is 12.9. The third-order valence-corrected chi connectivity index (χ3v) is 8.49. The molecule has 8 heteroatoms. The van der Waals surface area contributed by atoms with Crippen LogP contribution in [0.5, 0.6) is 17.2 Å². The van der Waals surface area contributed by atoms with Crippen LogP contribution in [0.3, 0.4) is 0 Å². The molecule has 0 bridgehead atoms. The Bertz CT molecular complexity index is 1480. The molecule has 47 heavy (non-hydrogen) atoms. The number of carbonyl (C=O) groups excluding carboxylic acids is 4. The van der Waals surface area contributed by atoms with Crippen molar-refractivity contribution in [3.05, 3.63) is 102 Å². The Labute approximate surface area is 277 Å². The van der Waals surface area contributed by atoms with Gasteiger partial charge in [0.2, 0.25) is 0 Å². The molecule has 8 nitrogen and oxygen atoms in total. The molecule has 0 radical (unpaired) electrons. The van der Waals surface area contributed by atoms with Gasteiger partial charge in [0.25, 0.3) is 0 Å². The zero-order valence-corrected chi connectivity index (χ0v) is 27.1. The number of ether oxygens (including phenoxy) is 4. The summed E-state index contributed by atoms with van der Waals surface area (Å²) >= 11 is 0. The Balaban J connectivity index is 1.21. The summed E-state index contributed by atoms with van der Waals surface area (Å²) in [7, 11) is 0. The molecular weight excluding hydrogens is 596 g/mol. The molecule has 1 saturated carbocycles. The molecular formula is C39H44O8. The first-order valence-electron chi connectivity index (χ1n) is 16.6. The molecule has 0 aromatic heterocycles. The van der Waals surface area contributed by atoms with E-state index in [0.717, 1.165) is 62.4 Å². The van der Waals surface area contributed by atoms with Gasteiger partial charge in [0.1, 0.15) is 17.2 Å². The van der Waals surface area contributed by atoms with E-state index in [2.05, 4.69) is 13.5 Å². The first-order chi connectivity index (χ1) is 22.9. The van der Waals surface area contributed by atoms with Crippen molar-refractivity contribution in [2.24, 2.45) is 5.92 Å². The maximum Gasteiger partial charge on any atom is 0.343 e. The van der Waals surface area contributed by atoms with E-state index in [1.807, 2.05) is 12.1 Å². The fraction of sp³-hybridized carbons (Fsp3) is 0.385. The number of carbonyl (C=O) groups is 4. The maximum atomic E-state index is 12.9. The summed E-state index contributed by atoms with van der Waals surface area (Å²) < 4.78 is 21.7. The van der Waals surface area contributed by atoms with E-state index in [1.165, 1.54) is 49.9 Å². The summed E-state index contributed by atoms with van der Waals surface area (Å²) in [5.74, 6) is 0.804. The van der Waals surface area contributed by atoms with Crippen molar-refractivity contribution in [2.75, 3.05) is 13.2 Å². The zero-order chi connectivity index (χ0) is 33.4. The van der Waals surface area contributed by atoms with Crippen LogP contribution >= 0.6 is 0 Å². The minimum absolute atomic E-state index is 0.222. The van der Waals surface area contributed by atoms with Crippen LogP contribution in [0.25, 0.3) is 0 Å². The van der Waals surface area contributed by atoms with Crippen LogP contribution in [0.2, 0.25) is 0 Å². The van der Waals surface area contributed by atoms with Gasteiger partial charge in [-0.3, -0.25) is 4.79 Å². The molecule has 0 aliphatic heterocycles. The second-order valence-electron chi connectivity index (χ2n) is 11.9. The van der Waals surface area contributed by atoms with Gasteiger partial charge >= 0.3 is 17.9 Å². The molecule has 1 aliphatic carbocycles. The van der Waals surface area contributed by atoms with Crippen molar-refractivity contribution < 1.29 is 38.1 Å². The van der Waals surface area contributed by atoms with Gasteiger partial charge in [0, 0.05) is 6.08 Å². The highest BCUT2D eigenvalue weighted by atomic mass is 16.5. The standard InChI is InChI=1S/C39H44O8/c1-3-9-28-10-12-29(13-11-28)32-18-23-36(33(26-32)27-40)47-39(43)31-16-21-35(22-17-31)46-38(42)30-14-19-34(20-15-30)44-24-7-5-6-8-25-45-37(41)4-2/h4,14-23,26-29H,2-3,5-13,24-25H2,1H3. The third kappa shape index (κ3) is 10.9. The number of esters is 3. The van der Waals surface area contributed by atoms with Gasteiger partial charge in [0.15, 0.2) is 6.29 Å². The summed E-state index contributed by atoms with van der Waals surface area (Å²) in [6.07, 6.45) is 12.5. The van der Waals surface area contributed by atoms with Gasteiger partial charge in [-0.2, -0.15) is 0 Å².